The van der Waals surface area contributed by atoms with Gasteiger partial charge < -0.3 is 9.64 Å². The third-order valence-corrected chi connectivity index (χ3v) is 6.32. The molecular weight excluding hydrogens is 483 g/mol. The van der Waals surface area contributed by atoms with Crippen LogP contribution in [0.1, 0.15) is 40.7 Å². The molecule has 0 aliphatic carbocycles. The van der Waals surface area contributed by atoms with Crippen LogP contribution in [0.15, 0.2) is 61.1 Å². The fourth-order valence-corrected chi connectivity index (χ4v) is 4.67. The van der Waals surface area contributed by atoms with Crippen LogP contribution in [0.2, 0.25) is 0 Å². The molecule has 2 atom stereocenters. The summed E-state index contributed by atoms with van der Waals surface area (Å²) in [5.41, 5.74) is -0.360. The fourth-order valence-electron chi connectivity index (χ4n) is 4.67. The van der Waals surface area contributed by atoms with Gasteiger partial charge in [0.05, 0.1) is 24.3 Å². The molecule has 1 aliphatic heterocycles. The van der Waals surface area contributed by atoms with E-state index >= 15 is 0 Å². The number of nitriles is 1. The quantitative estimate of drug-likeness (QED) is 0.375. The summed E-state index contributed by atoms with van der Waals surface area (Å²) >= 11 is 0. The highest BCUT2D eigenvalue weighted by atomic mass is 19.4. The van der Waals surface area contributed by atoms with E-state index in [-0.39, 0.29) is 24.2 Å². The lowest BCUT2D eigenvalue weighted by Gasteiger charge is -2.27. The lowest BCUT2D eigenvalue weighted by molar-refractivity contribution is -0.137. The van der Waals surface area contributed by atoms with E-state index in [1.165, 1.54) is 6.92 Å². The van der Waals surface area contributed by atoms with E-state index in [1.54, 1.807) is 45.9 Å². The fraction of sp³-hybridized carbons (Fsp3) is 0.308. The second-order valence-electron chi connectivity index (χ2n) is 8.94. The van der Waals surface area contributed by atoms with Crippen LogP contribution < -0.4 is 4.90 Å². The molecule has 1 aromatic carbocycles. The van der Waals surface area contributed by atoms with Crippen molar-refractivity contribution in [2.24, 2.45) is 7.05 Å². The molecule has 8 nitrogen and oxygen atoms in total. The Kier molecular flexibility index (Phi) is 6.43. The van der Waals surface area contributed by atoms with Gasteiger partial charge in [-0.15, -0.1) is 0 Å². The number of aryl methyl sites for hydroxylation is 2. The van der Waals surface area contributed by atoms with E-state index in [4.69, 9.17) is 4.74 Å². The molecule has 5 rings (SSSR count). The minimum Gasteiger partial charge on any atom is -0.372 e. The van der Waals surface area contributed by atoms with Crippen molar-refractivity contribution in [3.8, 4) is 11.9 Å². The predicted octanol–water partition coefficient (Wildman–Crippen LogP) is 4.74. The van der Waals surface area contributed by atoms with Crippen molar-refractivity contribution in [2.75, 3.05) is 11.4 Å². The van der Waals surface area contributed by atoms with Crippen molar-refractivity contribution in [3.05, 3.63) is 89.3 Å². The Morgan fingerprint density at radius 2 is 1.95 bits per heavy atom. The second-order valence-corrected chi connectivity index (χ2v) is 8.94. The van der Waals surface area contributed by atoms with Crippen molar-refractivity contribution in [2.45, 2.75) is 38.3 Å². The minimum absolute atomic E-state index is 0.0267. The molecule has 1 fully saturated rings. The number of benzene rings is 1. The summed E-state index contributed by atoms with van der Waals surface area (Å²) in [4.78, 5) is 10.7. The lowest BCUT2D eigenvalue weighted by atomic mass is 10.1. The molecule has 3 aromatic heterocycles. The van der Waals surface area contributed by atoms with E-state index in [1.807, 2.05) is 36.4 Å². The summed E-state index contributed by atoms with van der Waals surface area (Å²) in [6.45, 7) is 2.08. The maximum atomic E-state index is 13.9. The standard InChI is InChI=1S/C26H24F3N7O/c1-17-12-21(26(27,28)29)20(14-30)24(32-17)36-15-19(37-16-18-6-4-3-5-7-18)13-22(36)25-31-9-11-35(25)23-8-10-34(2)33-23/h3-12,19,22H,13,15-16H2,1-2H3/t19-,22-/m0/s1. The van der Waals surface area contributed by atoms with Crippen LogP contribution in [0, 0.1) is 18.3 Å². The van der Waals surface area contributed by atoms with Crippen LogP contribution in [0.5, 0.6) is 0 Å². The highest BCUT2D eigenvalue weighted by Gasteiger charge is 2.42. The first-order chi connectivity index (χ1) is 17.7. The van der Waals surface area contributed by atoms with Crippen molar-refractivity contribution in [1.29, 1.82) is 5.26 Å². The maximum Gasteiger partial charge on any atom is 0.417 e. The van der Waals surface area contributed by atoms with Gasteiger partial charge in [0.2, 0.25) is 0 Å². The molecule has 0 saturated carbocycles. The average Bonchev–Trinajstić information content (AvgIpc) is 3.61. The second kappa shape index (κ2) is 9.71. The Morgan fingerprint density at radius 3 is 2.62 bits per heavy atom. The van der Waals surface area contributed by atoms with Gasteiger partial charge in [-0.1, -0.05) is 30.3 Å². The van der Waals surface area contributed by atoms with Gasteiger partial charge in [0, 0.05) is 50.4 Å². The van der Waals surface area contributed by atoms with Crippen LogP contribution in [0.4, 0.5) is 19.0 Å². The van der Waals surface area contributed by atoms with Crippen LogP contribution in [-0.2, 0) is 24.6 Å². The van der Waals surface area contributed by atoms with E-state index < -0.39 is 23.3 Å². The smallest absolute Gasteiger partial charge is 0.372 e. The van der Waals surface area contributed by atoms with Gasteiger partial charge in [-0.05, 0) is 18.6 Å². The van der Waals surface area contributed by atoms with Crippen molar-refractivity contribution < 1.29 is 17.9 Å². The number of hydrogen-bond donors (Lipinski definition) is 0. The van der Waals surface area contributed by atoms with Gasteiger partial charge in [-0.25, -0.2) is 9.97 Å². The highest BCUT2D eigenvalue weighted by molar-refractivity contribution is 5.61. The molecule has 4 aromatic rings. The molecule has 0 unspecified atom stereocenters. The van der Waals surface area contributed by atoms with Gasteiger partial charge in [0.25, 0.3) is 0 Å². The highest BCUT2D eigenvalue weighted by Crippen LogP contribution is 2.42. The molecule has 0 amide bonds. The van der Waals surface area contributed by atoms with E-state index in [0.29, 0.717) is 24.7 Å². The summed E-state index contributed by atoms with van der Waals surface area (Å²) in [6, 6.07) is 13.6. The Labute approximate surface area is 211 Å². The van der Waals surface area contributed by atoms with Crippen molar-refractivity contribution in [1.82, 2.24) is 24.3 Å². The number of halogens is 3. The number of alkyl halides is 3. The number of nitrogens with zero attached hydrogens (tertiary/aromatic N) is 7. The molecule has 1 aliphatic rings. The van der Waals surface area contributed by atoms with Gasteiger partial charge >= 0.3 is 6.18 Å². The van der Waals surface area contributed by atoms with E-state index in [2.05, 4.69) is 15.1 Å². The largest absolute Gasteiger partial charge is 0.417 e. The Hall–Kier alpha value is -4.17. The van der Waals surface area contributed by atoms with Crippen LogP contribution in [0.3, 0.4) is 0 Å². The molecule has 190 valence electrons. The molecule has 11 heteroatoms. The molecule has 0 spiro atoms. The molecule has 0 N–H and O–H groups in total. The number of anilines is 1. The topological polar surface area (TPSA) is 84.8 Å². The zero-order valence-corrected chi connectivity index (χ0v) is 20.2. The normalized spacial score (nSPS) is 17.8. The minimum atomic E-state index is -4.70. The van der Waals surface area contributed by atoms with E-state index in [9.17, 15) is 18.4 Å². The van der Waals surface area contributed by atoms with Gasteiger partial charge in [-0.3, -0.25) is 9.25 Å². The zero-order valence-electron chi connectivity index (χ0n) is 20.2. The number of pyridine rings is 1. The predicted molar refractivity (Wildman–Crippen MR) is 129 cm³/mol. The Bertz CT molecular complexity index is 1440. The van der Waals surface area contributed by atoms with Gasteiger partial charge in [0.1, 0.15) is 23.3 Å². The van der Waals surface area contributed by atoms with Gasteiger partial charge in [-0.2, -0.15) is 23.5 Å². The molecular formula is C26H24F3N7O. The van der Waals surface area contributed by atoms with Crippen LogP contribution in [-0.4, -0.2) is 37.0 Å². The number of aromatic nitrogens is 5. The SMILES string of the molecule is Cc1cc(C(F)(F)F)c(C#N)c(N2C[C@@H](OCc3ccccc3)C[C@H]2c2nccn2-c2ccn(C)n2)n1. The lowest BCUT2D eigenvalue weighted by Crippen LogP contribution is -2.29. The maximum absolute atomic E-state index is 13.9. The number of ether oxygens (including phenoxy) is 1. The first-order valence-electron chi connectivity index (χ1n) is 11.7. The summed E-state index contributed by atoms with van der Waals surface area (Å²) in [5, 5.41) is 14.2. The monoisotopic (exact) mass is 507 g/mol. The molecule has 4 heterocycles. The molecule has 0 bridgehead atoms. The Morgan fingerprint density at radius 1 is 1.16 bits per heavy atom. The number of hydrogen-bond acceptors (Lipinski definition) is 6. The van der Waals surface area contributed by atoms with E-state index in [0.717, 1.165) is 11.6 Å². The summed E-state index contributed by atoms with van der Waals surface area (Å²) in [7, 11) is 1.80. The van der Waals surface area contributed by atoms with Gasteiger partial charge in [0.15, 0.2) is 5.82 Å². The summed E-state index contributed by atoms with van der Waals surface area (Å²) in [6.07, 6.45) is 0.586. The van der Waals surface area contributed by atoms with Crippen molar-refractivity contribution in [3.63, 3.8) is 0 Å². The third-order valence-electron chi connectivity index (χ3n) is 6.32. The Balaban J connectivity index is 1.56. The molecule has 1 saturated heterocycles. The third kappa shape index (κ3) is 4.93. The average molecular weight is 508 g/mol. The molecule has 37 heavy (non-hydrogen) atoms. The number of imidazole rings is 1. The summed E-state index contributed by atoms with van der Waals surface area (Å²) < 4.78 is 51.3. The van der Waals surface area contributed by atoms with Crippen LogP contribution >= 0.6 is 0 Å². The van der Waals surface area contributed by atoms with Crippen LogP contribution in [0.25, 0.3) is 5.82 Å². The first kappa shape index (κ1) is 24.5. The first-order valence-corrected chi connectivity index (χ1v) is 11.7. The van der Waals surface area contributed by atoms with Crippen molar-refractivity contribution >= 4 is 5.82 Å². The number of rotatable bonds is 6. The zero-order chi connectivity index (χ0) is 26.2. The molecule has 0 radical (unpaired) electrons. The summed E-state index contributed by atoms with van der Waals surface area (Å²) in [5.74, 6) is 1.17.